The Balaban J connectivity index is 2.15. The van der Waals surface area contributed by atoms with Crippen LogP contribution in [0.3, 0.4) is 0 Å². The molecule has 0 aliphatic heterocycles. The monoisotopic (exact) mass is 303 g/mol. The standard InChI is InChI=1S/C15H17N3O4/c1-10-2-4-11(5-3-10)6-7-12-14(15(21)22)16-17-18(12)9-8-13(19)20/h2-5H,6-9H2,1H3,(H,19,20)(H,21,22). The molecule has 0 fully saturated rings. The molecule has 0 aliphatic rings. The molecule has 1 aromatic carbocycles. The first-order valence-corrected chi connectivity index (χ1v) is 6.90. The Labute approximate surface area is 127 Å². The van der Waals surface area contributed by atoms with E-state index in [1.807, 2.05) is 31.2 Å². The van der Waals surface area contributed by atoms with Gasteiger partial charge in [0.05, 0.1) is 18.7 Å². The number of carbonyl (C=O) groups is 2. The van der Waals surface area contributed by atoms with E-state index in [0.29, 0.717) is 18.5 Å². The molecule has 0 aliphatic carbocycles. The number of carboxylic acids is 2. The van der Waals surface area contributed by atoms with Gasteiger partial charge in [-0.15, -0.1) is 5.10 Å². The largest absolute Gasteiger partial charge is 0.481 e. The van der Waals surface area contributed by atoms with E-state index in [4.69, 9.17) is 10.2 Å². The Kier molecular flexibility index (Phi) is 4.88. The smallest absolute Gasteiger partial charge is 0.358 e. The molecule has 7 nitrogen and oxygen atoms in total. The Morgan fingerprint density at radius 1 is 1.14 bits per heavy atom. The molecule has 116 valence electrons. The topological polar surface area (TPSA) is 105 Å². The van der Waals surface area contributed by atoms with Crippen LogP contribution < -0.4 is 0 Å². The summed E-state index contributed by atoms with van der Waals surface area (Å²) in [6.45, 7) is 2.11. The summed E-state index contributed by atoms with van der Waals surface area (Å²) >= 11 is 0. The Morgan fingerprint density at radius 3 is 2.41 bits per heavy atom. The number of rotatable bonds is 7. The van der Waals surface area contributed by atoms with Crippen LogP contribution in [0.15, 0.2) is 24.3 Å². The van der Waals surface area contributed by atoms with Crippen LogP contribution in [0.5, 0.6) is 0 Å². The molecule has 7 heteroatoms. The molecule has 22 heavy (non-hydrogen) atoms. The third-order valence-corrected chi connectivity index (χ3v) is 3.35. The Bertz CT molecular complexity index is 677. The first-order valence-electron chi connectivity index (χ1n) is 6.90. The number of aromatic nitrogens is 3. The average Bonchev–Trinajstić information content (AvgIpc) is 2.87. The van der Waals surface area contributed by atoms with Crippen molar-refractivity contribution in [2.24, 2.45) is 0 Å². The van der Waals surface area contributed by atoms with Crippen molar-refractivity contribution < 1.29 is 19.8 Å². The highest BCUT2D eigenvalue weighted by Crippen LogP contribution is 2.12. The number of hydrogen-bond donors (Lipinski definition) is 2. The number of nitrogens with zero attached hydrogens (tertiary/aromatic N) is 3. The van der Waals surface area contributed by atoms with Crippen LogP contribution >= 0.6 is 0 Å². The van der Waals surface area contributed by atoms with Crippen LogP contribution in [0.2, 0.25) is 0 Å². The highest BCUT2D eigenvalue weighted by atomic mass is 16.4. The zero-order valence-electron chi connectivity index (χ0n) is 12.2. The number of carboxylic acid groups (broad SMARTS) is 2. The van der Waals surface area contributed by atoms with Gasteiger partial charge in [-0.25, -0.2) is 9.48 Å². The molecule has 1 aromatic heterocycles. The molecule has 0 spiro atoms. The van der Waals surface area contributed by atoms with Crippen molar-refractivity contribution in [1.29, 1.82) is 0 Å². The van der Waals surface area contributed by atoms with E-state index >= 15 is 0 Å². The van der Waals surface area contributed by atoms with Crippen LogP contribution in [0, 0.1) is 6.92 Å². The first kappa shape index (κ1) is 15.7. The molecule has 0 unspecified atom stereocenters. The fourth-order valence-corrected chi connectivity index (χ4v) is 2.15. The Hall–Kier alpha value is -2.70. The second-order valence-corrected chi connectivity index (χ2v) is 5.04. The number of benzene rings is 1. The van der Waals surface area contributed by atoms with E-state index in [0.717, 1.165) is 11.1 Å². The molecule has 0 amide bonds. The highest BCUT2D eigenvalue weighted by Gasteiger charge is 2.19. The number of hydrogen-bond acceptors (Lipinski definition) is 4. The van der Waals surface area contributed by atoms with Gasteiger partial charge in [-0.05, 0) is 25.3 Å². The predicted molar refractivity (Wildman–Crippen MR) is 77.8 cm³/mol. The third kappa shape index (κ3) is 3.91. The molecular formula is C15H17N3O4. The van der Waals surface area contributed by atoms with Crippen molar-refractivity contribution in [2.45, 2.75) is 32.7 Å². The zero-order chi connectivity index (χ0) is 16.1. The molecule has 2 rings (SSSR count). The molecular weight excluding hydrogens is 286 g/mol. The molecule has 2 aromatic rings. The van der Waals surface area contributed by atoms with Gasteiger partial charge in [-0.2, -0.15) is 0 Å². The number of aliphatic carboxylic acids is 1. The minimum atomic E-state index is -1.15. The van der Waals surface area contributed by atoms with Crippen molar-refractivity contribution in [3.8, 4) is 0 Å². The summed E-state index contributed by atoms with van der Waals surface area (Å²) in [6.07, 6.45) is 0.957. The normalized spacial score (nSPS) is 10.6. The predicted octanol–water partition coefficient (Wildman–Crippen LogP) is 1.54. The second-order valence-electron chi connectivity index (χ2n) is 5.04. The van der Waals surface area contributed by atoms with Gasteiger partial charge in [-0.3, -0.25) is 4.79 Å². The van der Waals surface area contributed by atoms with Gasteiger partial charge in [0.1, 0.15) is 0 Å². The molecule has 2 N–H and O–H groups in total. The third-order valence-electron chi connectivity index (χ3n) is 3.35. The fraction of sp³-hybridized carbons (Fsp3) is 0.333. The summed E-state index contributed by atoms with van der Waals surface area (Å²) in [6, 6.07) is 7.96. The van der Waals surface area contributed by atoms with E-state index in [1.165, 1.54) is 4.68 Å². The van der Waals surface area contributed by atoms with Gasteiger partial charge in [0.2, 0.25) is 0 Å². The number of aromatic carboxylic acids is 1. The zero-order valence-corrected chi connectivity index (χ0v) is 12.2. The van der Waals surface area contributed by atoms with Gasteiger partial charge in [0, 0.05) is 0 Å². The molecule has 0 atom stereocenters. The van der Waals surface area contributed by atoms with E-state index in [-0.39, 0.29) is 18.7 Å². The molecule has 0 saturated heterocycles. The second kappa shape index (κ2) is 6.84. The van der Waals surface area contributed by atoms with Gasteiger partial charge in [0.25, 0.3) is 0 Å². The van der Waals surface area contributed by atoms with Gasteiger partial charge >= 0.3 is 11.9 Å². The maximum Gasteiger partial charge on any atom is 0.358 e. The maximum atomic E-state index is 11.2. The summed E-state index contributed by atoms with van der Waals surface area (Å²) in [5, 5.41) is 25.3. The lowest BCUT2D eigenvalue weighted by atomic mass is 10.1. The van der Waals surface area contributed by atoms with Crippen molar-refractivity contribution in [3.05, 3.63) is 46.8 Å². The summed E-state index contributed by atoms with van der Waals surface area (Å²) < 4.78 is 1.37. The van der Waals surface area contributed by atoms with E-state index in [2.05, 4.69) is 10.3 Å². The lowest BCUT2D eigenvalue weighted by Gasteiger charge is -2.06. The molecule has 0 bridgehead atoms. The quantitative estimate of drug-likeness (QED) is 0.804. The fourth-order valence-electron chi connectivity index (χ4n) is 2.15. The van der Waals surface area contributed by atoms with E-state index in [9.17, 15) is 9.59 Å². The van der Waals surface area contributed by atoms with Crippen molar-refractivity contribution >= 4 is 11.9 Å². The SMILES string of the molecule is Cc1ccc(CCc2c(C(=O)O)nnn2CCC(=O)O)cc1. The van der Waals surface area contributed by atoms with Crippen LogP contribution in [0.4, 0.5) is 0 Å². The van der Waals surface area contributed by atoms with E-state index in [1.54, 1.807) is 0 Å². The van der Waals surface area contributed by atoms with Crippen molar-refractivity contribution in [3.63, 3.8) is 0 Å². The van der Waals surface area contributed by atoms with Crippen molar-refractivity contribution in [2.75, 3.05) is 0 Å². The van der Waals surface area contributed by atoms with Crippen molar-refractivity contribution in [1.82, 2.24) is 15.0 Å². The Morgan fingerprint density at radius 2 is 1.82 bits per heavy atom. The molecule has 0 radical (unpaired) electrons. The molecule has 0 saturated carbocycles. The minimum absolute atomic E-state index is 0.110. The highest BCUT2D eigenvalue weighted by molar-refractivity contribution is 5.86. The lowest BCUT2D eigenvalue weighted by molar-refractivity contribution is -0.137. The number of aryl methyl sites for hydroxylation is 3. The van der Waals surface area contributed by atoms with Gasteiger partial charge < -0.3 is 10.2 Å². The molecule has 1 heterocycles. The van der Waals surface area contributed by atoms with Crippen LogP contribution in [-0.4, -0.2) is 37.1 Å². The summed E-state index contributed by atoms with van der Waals surface area (Å²) in [5.41, 5.74) is 2.57. The lowest BCUT2D eigenvalue weighted by Crippen LogP contribution is -2.12. The van der Waals surface area contributed by atoms with Crippen LogP contribution in [-0.2, 0) is 24.2 Å². The minimum Gasteiger partial charge on any atom is -0.481 e. The average molecular weight is 303 g/mol. The first-order chi connectivity index (χ1) is 10.5. The van der Waals surface area contributed by atoms with Gasteiger partial charge in [0.15, 0.2) is 5.69 Å². The summed E-state index contributed by atoms with van der Waals surface area (Å²) in [7, 11) is 0. The van der Waals surface area contributed by atoms with Crippen LogP contribution in [0.25, 0.3) is 0 Å². The van der Waals surface area contributed by atoms with Crippen LogP contribution in [0.1, 0.15) is 33.7 Å². The summed E-state index contributed by atoms with van der Waals surface area (Å²) in [4.78, 5) is 21.9. The maximum absolute atomic E-state index is 11.2. The van der Waals surface area contributed by atoms with E-state index < -0.39 is 11.9 Å². The van der Waals surface area contributed by atoms with Gasteiger partial charge in [-0.1, -0.05) is 35.0 Å². The summed E-state index contributed by atoms with van der Waals surface area (Å²) in [5.74, 6) is -2.11.